The SMILES string of the molecule is COc1ccc(NC(=O)c2nnc([C@@H]3CCCN(C(=O)Nc4cccc(OC)c4)C3)s2)cc1. The van der Waals surface area contributed by atoms with Crippen LogP contribution in [0.2, 0.25) is 0 Å². The first-order chi connectivity index (χ1) is 16.1. The van der Waals surface area contributed by atoms with Gasteiger partial charge < -0.3 is 25.0 Å². The summed E-state index contributed by atoms with van der Waals surface area (Å²) in [6, 6.07) is 14.1. The minimum Gasteiger partial charge on any atom is -0.497 e. The Kier molecular flexibility index (Phi) is 7.04. The Labute approximate surface area is 195 Å². The summed E-state index contributed by atoms with van der Waals surface area (Å²) >= 11 is 1.26. The third-order valence-electron chi connectivity index (χ3n) is 5.36. The fourth-order valence-corrected chi connectivity index (χ4v) is 4.48. The molecule has 33 heavy (non-hydrogen) atoms. The molecule has 2 heterocycles. The van der Waals surface area contributed by atoms with E-state index in [1.807, 2.05) is 18.2 Å². The van der Waals surface area contributed by atoms with E-state index in [2.05, 4.69) is 20.8 Å². The van der Waals surface area contributed by atoms with Crippen molar-refractivity contribution in [3.63, 3.8) is 0 Å². The van der Waals surface area contributed by atoms with Crippen LogP contribution in [0.5, 0.6) is 11.5 Å². The zero-order chi connectivity index (χ0) is 23.2. The third-order valence-corrected chi connectivity index (χ3v) is 6.45. The van der Waals surface area contributed by atoms with Gasteiger partial charge in [0.2, 0.25) is 5.01 Å². The van der Waals surface area contributed by atoms with Gasteiger partial charge in [0.1, 0.15) is 16.5 Å². The summed E-state index contributed by atoms with van der Waals surface area (Å²) in [7, 11) is 3.18. The molecular formula is C23H25N5O4S. The van der Waals surface area contributed by atoms with Crippen molar-refractivity contribution >= 4 is 34.6 Å². The van der Waals surface area contributed by atoms with Crippen LogP contribution in [0.3, 0.4) is 0 Å². The summed E-state index contributed by atoms with van der Waals surface area (Å²) in [6.45, 7) is 1.18. The molecule has 0 radical (unpaired) electrons. The number of benzene rings is 2. The Hall–Kier alpha value is -3.66. The second kappa shape index (κ2) is 10.3. The molecule has 2 N–H and O–H groups in total. The number of anilines is 2. The smallest absolute Gasteiger partial charge is 0.321 e. The highest BCUT2D eigenvalue weighted by Crippen LogP contribution is 2.30. The minimum atomic E-state index is -0.313. The number of likely N-dealkylation sites (tertiary alicyclic amines) is 1. The molecule has 3 aromatic rings. The summed E-state index contributed by atoms with van der Waals surface area (Å²) < 4.78 is 10.3. The Morgan fingerprint density at radius 2 is 1.79 bits per heavy atom. The first-order valence-electron chi connectivity index (χ1n) is 10.5. The number of nitrogens with one attached hydrogen (secondary N) is 2. The number of ether oxygens (including phenoxy) is 2. The van der Waals surface area contributed by atoms with Gasteiger partial charge in [0, 0.05) is 36.4 Å². The molecule has 0 bridgehead atoms. The van der Waals surface area contributed by atoms with E-state index in [1.165, 1.54) is 11.3 Å². The minimum absolute atomic E-state index is 0.0369. The van der Waals surface area contributed by atoms with E-state index >= 15 is 0 Å². The summed E-state index contributed by atoms with van der Waals surface area (Å²) in [5.74, 6) is 1.12. The molecule has 1 aromatic heterocycles. The molecule has 1 aliphatic rings. The molecule has 0 spiro atoms. The lowest BCUT2D eigenvalue weighted by Crippen LogP contribution is -2.41. The monoisotopic (exact) mass is 467 g/mol. The average Bonchev–Trinajstić information content (AvgIpc) is 3.35. The zero-order valence-electron chi connectivity index (χ0n) is 18.4. The van der Waals surface area contributed by atoms with E-state index in [0.717, 1.165) is 17.8 Å². The number of amides is 3. The molecular weight excluding hydrogens is 442 g/mol. The lowest BCUT2D eigenvalue weighted by molar-refractivity contribution is 0.102. The number of carbonyl (C=O) groups excluding carboxylic acids is 2. The molecule has 9 nitrogen and oxygen atoms in total. The molecule has 1 atom stereocenters. The van der Waals surface area contributed by atoms with Crippen molar-refractivity contribution in [3.8, 4) is 11.5 Å². The van der Waals surface area contributed by atoms with Crippen molar-refractivity contribution in [1.29, 1.82) is 0 Å². The lowest BCUT2D eigenvalue weighted by atomic mass is 9.99. The fourth-order valence-electron chi connectivity index (χ4n) is 3.62. The number of urea groups is 1. The Bertz CT molecular complexity index is 1120. The van der Waals surface area contributed by atoms with Crippen molar-refractivity contribution in [1.82, 2.24) is 15.1 Å². The number of hydrogen-bond acceptors (Lipinski definition) is 7. The van der Waals surface area contributed by atoms with E-state index in [0.29, 0.717) is 41.0 Å². The van der Waals surface area contributed by atoms with Crippen molar-refractivity contribution in [3.05, 3.63) is 58.5 Å². The molecule has 1 fully saturated rings. The van der Waals surface area contributed by atoms with Crippen molar-refractivity contribution < 1.29 is 19.1 Å². The van der Waals surface area contributed by atoms with Crippen LogP contribution in [-0.2, 0) is 0 Å². The largest absolute Gasteiger partial charge is 0.497 e. The van der Waals surface area contributed by atoms with Gasteiger partial charge in [0.15, 0.2) is 0 Å². The first-order valence-corrected chi connectivity index (χ1v) is 11.4. The van der Waals surface area contributed by atoms with Crippen LogP contribution < -0.4 is 20.1 Å². The highest BCUT2D eigenvalue weighted by atomic mass is 32.1. The standard InChI is InChI=1S/C23H25N5O4S/c1-31-18-10-8-16(9-11-18)24-20(29)22-27-26-21(33-22)15-5-4-12-28(14-15)23(30)25-17-6-3-7-19(13-17)32-2/h3,6-11,13,15H,4-5,12,14H2,1-2H3,(H,24,29)(H,25,30)/t15-/m1/s1. The second-order valence-corrected chi connectivity index (χ2v) is 8.58. The molecule has 0 aliphatic carbocycles. The molecule has 172 valence electrons. The summed E-state index contributed by atoms with van der Waals surface area (Å²) in [5.41, 5.74) is 1.32. The van der Waals surface area contributed by atoms with Gasteiger partial charge >= 0.3 is 6.03 Å². The molecule has 2 aromatic carbocycles. The molecule has 1 saturated heterocycles. The van der Waals surface area contributed by atoms with Gasteiger partial charge in [0.25, 0.3) is 5.91 Å². The highest BCUT2D eigenvalue weighted by molar-refractivity contribution is 7.13. The topological polar surface area (TPSA) is 106 Å². The van der Waals surface area contributed by atoms with Crippen LogP contribution >= 0.6 is 11.3 Å². The number of nitrogens with zero attached hydrogens (tertiary/aromatic N) is 3. The molecule has 10 heteroatoms. The van der Waals surface area contributed by atoms with Crippen molar-refractivity contribution in [2.45, 2.75) is 18.8 Å². The number of methoxy groups -OCH3 is 2. The predicted octanol–water partition coefficient (Wildman–Crippen LogP) is 4.22. The fraction of sp³-hybridized carbons (Fsp3) is 0.304. The predicted molar refractivity (Wildman–Crippen MR) is 126 cm³/mol. The van der Waals surface area contributed by atoms with Crippen molar-refractivity contribution in [2.24, 2.45) is 0 Å². The van der Waals surface area contributed by atoms with E-state index in [4.69, 9.17) is 9.47 Å². The summed E-state index contributed by atoms with van der Waals surface area (Å²) in [4.78, 5) is 27.1. The normalized spacial score (nSPS) is 15.6. The van der Waals surface area contributed by atoms with Gasteiger partial charge in [-0.25, -0.2) is 4.79 Å². The Balaban J connectivity index is 1.37. The second-order valence-electron chi connectivity index (χ2n) is 7.58. The van der Waals surface area contributed by atoms with E-state index in [1.54, 1.807) is 49.5 Å². The first kappa shape index (κ1) is 22.5. The maximum atomic E-state index is 12.8. The van der Waals surface area contributed by atoms with E-state index < -0.39 is 0 Å². The maximum Gasteiger partial charge on any atom is 0.321 e. The third kappa shape index (κ3) is 5.58. The summed E-state index contributed by atoms with van der Waals surface area (Å²) in [5, 5.41) is 15.1. The number of carbonyl (C=O) groups is 2. The number of aromatic nitrogens is 2. The van der Waals surface area contributed by atoms with Gasteiger partial charge in [-0.2, -0.15) is 0 Å². The number of piperidine rings is 1. The van der Waals surface area contributed by atoms with Crippen LogP contribution in [0, 0.1) is 0 Å². The molecule has 0 unspecified atom stereocenters. The average molecular weight is 468 g/mol. The number of hydrogen-bond donors (Lipinski definition) is 2. The zero-order valence-corrected chi connectivity index (χ0v) is 19.2. The highest BCUT2D eigenvalue weighted by Gasteiger charge is 2.28. The van der Waals surface area contributed by atoms with Gasteiger partial charge in [-0.05, 0) is 49.2 Å². The summed E-state index contributed by atoms with van der Waals surface area (Å²) in [6.07, 6.45) is 1.74. The van der Waals surface area contributed by atoms with Crippen molar-refractivity contribution in [2.75, 3.05) is 37.9 Å². The maximum absolute atomic E-state index is 12.8. The Morgan fingerprint density at radius 1 is 1.00 bits per heavy atom. The van der Waals surface area contributed by atoms with Crippen LogP contribution in [0.25, 0.3) is 0 Å². The van der Waals surface area contributed by atoms with Crippen LogP contribution in [0.1, 0.15) is 33.6 Å². The molecule has 3 amide bonds. The number of rotatable bonds is 6. The van der Waals surface area contributed by atoms with E-state index in [-0.39, 0.29) is 17.9 Å². The van der Waals surface area contributed by atoms with Crippen LogP contribution in [0.4, 0.5) is 16.2 Å². The van der Waals surface area contributed by atoms with Gasteiger partial charge in [-0.3, -0.25) is 4.79 Å². The molecule has 4 rings (SSSR count). The lowest BCUT2D eigenvalue weighted by Gasteiger charge is -2.31. The van der Waals surface area contributed by atoms with Gasteiger partial charge in [-0.1, -0.05) is 17.4 Å². The molecule has 1 aliphatic heterocycles. The van der Waals surface area contributed by atoms with Crippen LogP contribution in [-0.4, -0.2) is 54.3 Å². The van der Waals surface area contributed by atoms with E-state index in [9.17, 15) is 9.59 Å². The van der Waals surface area contributed by atoms with Gasteiger partial charge in [0.05, 0.1) is 14.2 Å². The molecule has 0 saturated carbocycles. The van der Waals surface area contributed by atoms with Gasteiger partial charge in [-0.15, -0.1) is 10.2 Å². The quantitative estimate of drug-likeness (QED) is 0.562. The Morgan fingerprint density at radius 3 is 2.55 bits per heavy atom. The van der Waals surface area contributed by atoms with Crippen LogP contribution in [0.15, 0.2) is 48.5 Å².